The lowest BCUT2D eigenvalue weighted by atomic mass is 9.85. The third kappa shape index (κ3) is 3.47. The zero-order valence-electron chi connectivity index (χ0n) is 15.5. The van der Waals surface area contributed by atoms with Gasteiger partial charge in [0.1, 0.15) is 5.76 Å². The molecular formula is C19H30N4O2. The van der Waals surface area contributed by atoms with Crippen LogP contribution in [0.15, 0.2) is 4.52 Å². The Morgan fingerprint density at radius 2 is 1.96 bits per heavy atom. The number of rotatable bonds is 3. The highest BCUT2D eigenvalue weighted by molar-refractivity contribution is 5.82. The average Bonchev–Trinajstić information content (AvgIpc) is 3.20. The maximum atomic E-state index is 12.9. The van der Waals surface area contributed by atoms with E-state index in [2.05, 4.69) is 20.3 Å². The molecule has 0 bridgehead atoms. The molecule has 6 heteroatoms. The van der Waals surface area contributed by atoms with E-state index in [0.717, 1.165) is 56.5 Å². The second kappa shape index (κ2) is 7.08. The van der Waals surface area contributed by atoms with E-state index in [4.69, 9.17) is 4.52 Å². The number of nitrogens with zero attached hydrogens (tertiary/aromatic N) is 3. The molecule has 3 unspecified atom stereocenters. The van der Waals surface area contributed by atoms with Crippen molar-refractivity contribution < 1.29 is 9.32 Å². The molecule has 1 amide bonds. The molecule has 1 saturated carbocycles. The predicted octanol–water partition coefficient (Wildman–Crippen LogP) is 1.86. The van der Waals surface area contributed by atoms with E-state index in [9.17, 15) is 4.79 Å². The van der Waals surface area contributed by atoms with Crippen LogP contribution in [0.2, 0.25) is 0 Å². The number of aryl methyl sites for hydroxylation is 2. The van der Waals surface area contributed by atoms with Crippen molar-refractivity contribution in [2.75, 3.05) is 26.2 Å². The molecule has 1 aliphatic carbocycles. The second-order valence-corrected chi connectivity index (χ2v) is 8.01. The van der Waals surface area contributed by atoms with Crippen LogP contribution in [0.5, 0.6) is 0 Å². The molecule has 3 fully saturated rings. The lowest BCUT2D eigenvalue weighted by molar-refractivity contribution is -0.135. The minimum atomic E-state index is 0.0576. The molecule has 2 saturated heterocycles. The monoisotopic (exact) mass is 346 g/mol. The number of nitrogens with one attached hydrogen (secondary N) is 1. The first-order chi connectivity index (χ1) is 12.1. The van der Waals surface area contributed by atoms with Crippen molar-refractivity contribution in [3.8, 4) is 0 Å². The van der Waals surface area contributed by atoms with Crippen LogP contribution in [0.1, 0.15) is 49.1 Å². The summed E-state index contributed by atoms with van der Waals surface area (Å²) < 4.78 is 5.26. The van der Waals surface area contributed by atoms with Gasteiger partial charge in [-0.05, 0) is 39.0 Å². The lowest BCUT2D eigenvalue weighted by Gasteiger charge is -2.36. The van der Waals surface area contributed by atoms with E-state index >= 15 is 0 Å². The minimum absolute atomic E-state index is 0.0576. The summed E-state index contributed by atoms with van der Waals surface area (Å²) in [6.45, 7) is 8.35. The summed E-state index contributed by atoms with van der Waals surface area (Å²) >= 11 is 0. The summed E-state index contributed by atoms with van der Waals surface area (Å²) in [6, 6.07) is 0.644. The van der Waals surface area contributed by atoms with Crippen LogP contribution in [0.3, 0.4) is 0 Å². The van der Waals surface area contributed by atoms with Gasteiger partial charge in [0, 0.05) is 44.3 Å². The fraction of sp³-hybridized carbons (Fsp3) is 0.789. The molecule has 2 aliphatic heterocycles. The Kier molecular flexibility index (Phi) is 4.82. The number of hydrogen-bond acceptors (Lipinski definition) is 5. The highest BCUT2D eigenvalue weighted by Crippen LogP contribution is 2.33. The minimum Gasteiger partial charge on any atom is -0.361 e. The van der Waals surface area contributed by atoms with Crippen molar-refractivity contribution in [1.29, 1.82) is 0 Å². The van der Waals surface area contributed by atoms with Crippen LogP contribution in [0.25, 0.3) is 0 Å². The van der Waals surface area contributed by atoms with E-state index in [0.29, 0.717) is 11.9 Å². The van der Waals surface area contributed by atoms with E-state index < -0.39 is 0 Å². The molecule has 1 N–H and O–H groups in total. The van der Waals surface area contributed by atoms with Gasteiger partial charge in [0.2, 0.25) is 5.91 Å². The van der Waals surface area contributed by atoms with Gasteiger partial charge in [0.25, 0.3) is 0 Å². The normalized spacial score (nSPS) is 30.5. The van der Waals surface area contributed by atoms with Gasteiger partial charge in [-0.2, -0.15) is 0 Å². The Morgan fingerprint density at radius 3 is 2.64 bits per heavy atom. The molecule has 138 valence electrons. The van der Waals surface area contributed by atoms with Crippen LogP contribution >= 0.6 is 0 Å². The van der Waals surface area contributed by atoms with E-state index in [1.54, 1.807) is 0 Å². The highest BCUT2D eigenvalue weighted by atomic mass is 16.5. The number of fused-ring (bicyclic) bond motifs is 1. The van der Waals surface area contributed by atoms with Crippen LogP contribution in [-0.2, 0) is 11.3 Å². The first kappa shape index (κ1) is 17.0. The van der Waals surface area contributed by atoms with Gasteiger partial charge in [-0.25, -0.2) is 0 Å². The van der Waals surface area contributed by atoms with Crippen molar-refractivity contribution in [2.24, 2.45) is 5.92 Å². The molecule has 3 heterocycles. The quantitative estimate of drug-likeness (QED) is 0.905. The van der Waals surface area contributed by atoms with E-state index in [1.807, 2.05) is 13.8 Å². The summed E-state index contributed by atoms with van der Waals surface area (Å²) in [5, 5.41) is 7.67. The smallest absolute Gasteiger partial charge is 0.239 e. The Morgan fingerprint density at radius 1 is 1.20 bits per heavy atom. The van der Waals surface area contributed by atoms with Gasteiger partial charge < -0.3 is 14.7 Å². The molecule has 4 rings (SSSR count). The summed E-state index contributed by atoms with van der Waals surface area (Å²) in [7, 11) is 0. The SMILES string of the molecule is Cc1noc(C)c1CN1CCN(C(=O)C2CC3CCCCC3N2)CC1. The fourth-order valence-corrected chi connectivity index (χ4v) is 4.81. The Bertz CT molecular complexity index is 587. The zero-order chi connectivity index (χ0) is 17.4. The van der Waals surface area contributed by atoms with Gasteiger partial charge in [-0.1, -0.05) is 18.0 Å². The number of aromatic nitrogens is 1. The standard InChI is InChI=1S/C19H30N4O2/c1-13-16(14(2)25-21-13)12-22-7-9-23(10-8-22)19(24)18-11-15-5-3-4-6-17(15)20-18/h15,17-18,20H,3-12H2,1-2H3. The molecule has 1 aromatic heterocycles. The summed E-state index contributed by atoms with van der Waals surface area (Å²) in [4.78, 5) is 17.4. The third-order valence-corrected chi connectivity index (χ3v) is 6.41. The topological polar surface area (TPSA) is 61.6 Å². The van der Waals surface area contributed by atoms with Crippen LogP contribution in [-0.4, -0.2) is 59.1 Å². The van der Waals surface area contributed by atoms with Gasteiger partial charge in [0.15, 0.2) is 0 Å². The molecule has 3 aliphatic rings. The first-order valence-electron chi connectivity index (χ1n) is 9.81. The highest BCUT2D eigenvalue weighted by Gasteiger charge is 2.40. The number of carbonyl (C=O) groups is 1. The van der Waals surface area contributed by atoms with Gasteiger partial charge in [-0.15, -0.1) is 0 Å². The van der Waals surface area contributed by atoms with Crippen LogP contribution < -0.4 is 5.32 Å². The number of carbonyl (C=O) groups excluding carboxylic acids is 1. The Balaban J connectivity index is 1.29. The second-order valence-electron chi connectivity index (χ2n) is 8.01. The van der Waals surface area contributed by atoms with Crippen molar-refractivity contribution in [1.82, 2.24) is 20.3 Å². The van der Waals surface area contributed by atoms with Crippen molar-refractivity contribution in [3.63, 3.8) is 0 Å². The molecule has 0 spiro atoms. The van der Waals surface area contributed by atoms with Crippen molar-refractivity contribution in [2.45, 2.75) is 64.6 Å². The van der Waals surface area contributed by atoms with Crippen molar-refractivity contribution in [3.05, 3.63) is 17.0 Å². The molecule has 1 aromatic rings. The van der Waals surface area contributed by atoms with Crippen LogP contribution in [0.4, 0.5) is 0 Å². The van der Waals surface area contributed by atoms with Crippen molar-refractivity contribution >= 4 is 5.91 Å². The Labute approximate surface area is 149 Å². The molecule has 0 aromatic carbocycles. The fourth-order valence-electron chi connectivity index (χ4n) is 4.81. The van der Waals surface area contributed by atoms with Gasteiger partial charge in [-0.3, -0.25) is 9.69 Å². The zero-order valence-corrected chi connectivity index (χ0v) is 15.5. The molecular weight excluding hydrogens is 316 g/mol. The predicted molar refractivity (Wildman–Crippen MR) is 95.1 cm³/mol. The van der Waals surface area contributed by atoms with Gasteiger partial charge in [0.05, 0.1) is 11.7 Å². The molecule has 3 atom stereocenters. The molecule has 0 radical (unpaired) electrons. The number of hydrogen-bond donors (Lipinski definition) is 1. The maximum absolute atomic E-state index is 12.9. The first-order valence-corrected chi connectivity index (χ1v) is 9.81. The largest absolute Gasteiger partial charge is 0.361 e. The summed E-state index contributed by atoms with van der Waals surface area (Å²) in [5.41, 5.74) is 2.18. The number of piperazine rings is 1. The average molecular weight is 346 g/mol. The third-order valence-electron chi connectivity index (χ3n) is 6.41. The van der Waals surface area contributed by atoms with Gasteiger partial charge >= 0.3 is 0 Å². The molecule has 25 heavy (non-hydrogen) atoms. The molecule has 6 nitrogen and oxygen atoms in total. The summed E-state index contributed by atoms with van der Waals surface area (Å²) in [5.74, 6) is 1.96. The Hall–Kier alpha value is -1.40. The maximum Gasteiger partial charge on any atom is 0.239 e. The van der Waals surface area contributed by atoms with E-state index in [1.165, 1.54) is 31.2 Å². The number of amides is 1. The summed E-state index contributed by atoms with van der Waals surface area (Å²) in [6.07, 6.45) is 6.24. The van der Waals surface area contributed by atoms with E-state index in [-0.39, 0.29) is 6.04 Å². The van der Waals surface area contributed by atoms with Crippen LogP contribution in [0, 0.1) is 19.8 Å². The lowest BCUT2D eigenvalue weighted by Crippen LogP contribution is -2.53.